The molecule has 152 valence electrons. The van der Waals surface area contributed by atoms with E-state index in [1.165, 1.54) is 0 Å². The van der Waals surface area contributed by atoms with Crippen LogP contribution in [0.25, 0.3) is 6.08 Å². The Morgan fingerprint density at radius 1 is 1.07 bits per heavy atom. The van der Waals surface area contributed by atoms with Gasteiger partial charge in [-0.3, -0.25) is 4.72 Å². The van der Waals surface area contributed by atoms with Crippen LogP contribution in [0.1, 0.15) is 27.9 Å². The maximum atomic E-state index is 12.9. The summed E-state index contributed by atoms with van der Waals surface area (Å²) in [5.41, 5.74) is 2.85. The number of fused-ring (bicyclic) bond motifs is 1. The first-order chi connectivity index (χ1) is 13.9. The molecule has 0 radical (unpaired) electrons. The molecule has 8 heteroatoms. The molecule has 0 atom stereocenters. The standard InChI is InChI=1S/C21H22N2O4S2/c24-21(25)19-14-17(23-9-11-28-12-10-23)6-8-20(19)22-29(26,27)18-7-5-15-3-1-2-4-16(15)13-18/h1-4,6,8,13-14,22H,5,7,9-12H2,(H,24,25). The molecule has 1 aliphatic carbocycles. The van der Waals surface area contributed by atoms with Crippen LogP contribution in [0.2, 0.25) is 0 Å². The number of thioether (sulfide) groups is 1. The van der Waals surface area contributed by atoms with Crippen molar-refractivity contribution in [2.24, 2.45) is 0 Å². The molecule has 0 aromatic heterocycles. The molecule has 0 saturated carbocycles. The third-order valence-corrected chi connectivity index (χ3v) is 7.66. The third kappa shape index (κ3) is 4.28. The van der Waals surface area contributed by atoms with Gasteiger partial charge < -0.3 is 10.0 Å². The van der Waals surface area contributed by atoms with Gasteiger partial charge in [0.05, 0.1) is 16.2 Å². The van der Waals surface area contributed by atoms with E-state index in [4.69, 9.17) is 0 Å². The van der Waals surface area contributed by atoms with Crippen LogP contribution in [0.5, 0.6) is 0 Å². The molecular formula is C21H22N2O4S2. The van der Waals surface area contributed by atoms with Gasteiger partial charge in [0.25, 0.3) is 10.0 Å². The number of allylic oxidation sites excluding steroid dienone is 1. The first-order valence-electron chi connectivity index (χ1n) is 9.45. The number of carboxylic acids is 1. The number of hydrogen-bond acceptors (Lipinski definition) is 5. The SMILES string of the molecule is O=C(O)c1cc(N2CCSCC2)ccc1NS(=O)(=O)C1=Cc2ccccc2CC1. The summed E-state index contributed by atoms with van der Waals surface area (Å²) in [7, 11) is -3.84. The second-order valence-electron chi connectivity index (χ2n) is 7.05. The van der Waals surface area contributed by atoms with Crippen LogP contribution in [0.3, 0.4) is 0 Å². The van der Waals surface area contributed by atoms with E-state index in [2.05, 4.69) is 9.62 Å². The van der Waals surface area contributed by atoms with Gasteiger partial charge in [-0.1, -0.05) is 24.3 Å². The average molecular weight is 431 g/mol. The van der Waals surface area contributed by atoms with Gasteiger partial charge in [0.1, 0.15) is 0 Å². The van der Waals surface area contributed by atoms with E-state index in [0.29, 0.717) is 12.8 Å². The van der Waals surface area contributed by atoms with Crippen molar-refractivity contribution in [2.45, 2.75) is 12.8 Å². The van der Waals surface area contributed by atoms with E-state index in [1.807, 2.05) is 36.0 Å². The number of hydrogen-bond donors (Lipinski definition) is 2. The average Bonchev–Trinajstić information content (AvgIpc) is 2.74. The zero-order valence-electron chi connectivity index (χ0n) is 15.8. The molecule has 0 spiro atoms. The summed E-state index contributed by atoms with van der Waals surface area (Å²) in [5, 5.41) is 9.65. The maximum absolute atomic E-state index is 12.9. The van der Waals surface area contributed by atoms with Crippen molar-refractivity contribution in [3.8, 4) is 0 Å². The molecule has 0 bridgehead atoms. The first kappa shape index (κ1) is 19.8. The molecule has 0 amide bonds. The number of carboxylic acid groups (broad SMARTS) is 1. The Balaban J connectivity index is 1.63. The summed E-state index contributed by atoms with van der Waals surface area (Å²) < 4.78 is 28.4. The summed E-state index contributed by atoms with van der Waals surface area (Å²) in [6.07, 6.45) is 2.69. The summed E-state index contributed by atoms with van der Waals surface area (Å²) >= 11 is 1.87. The molecule has 2 N–H and O–H groups in total. The molecule has 0 unspecified atom stereocenters. The number of rotatable bonds is 5. The van der Waals surface area contributed by atoms with Crippen molar-refractivity contribution in [2.75, 3.05) is 34.2 Å². The zero-order valence-corrected chi connectivity index (χ0v) is 17.4. The van der Waals surface area contributed by atoms with E-state index in [-0.39, 0.29) is 16.2 Å². The molecule has 6 nitrogen and oxygen atoms in total. The predicted octanol–water partition coefficient (Wildman–Crippen LogP) is 3.67. The number of aryl methyl sites for hydroxylation is 1. The van der Waals surface area contributed by atoms with Crippen molar-refractivity contribution < 1.29 is 18.3 Å². The minimum Gasteiger partial charge on any atom is -0.478 e. The second kappa shape index (κ2) is 8.12. The Labute approximate surface area is 174 Å². The van der Waals surface area contributed by atoms with Crippen molar-refractivity contribution in [1.29, 1.82) is 0 Å². The van der Waals surface area contributed by atoms with Crippen LogP contribution < -0.4 is 9.62 Å². The molecule has 4 rings (SSSR count). The largest absolute Gasteiger partial charge is 0.478 e. The van der Waals surface area contributed by atoms with Crippen LogP contribution in [-0.4, -0.2) is 44.1 Å². The summed E-state index contributed by atoms with van der Waals surface area (Å²) in [4.78, 5) is 14.2. The molecular weight excluding hydrogens is 408 g/mol. The number of aromatic carboxylic acids is 1. The predicted molar refractivity (Wildman–Crippen MR) is 118 cm³/mol. The second-order valence-corrected chi connectivity index (χ2v) is 10.0. The minimum atomic E-state index is -3.84. The molecule has 1 saturated heterocycles. The highest BCUT2D eigenvalue weighted by molar-refractivity contribution is 7.99. The quantitative estimate of drug-likeness (QED) is 0.753. The Hall–Kier alpha value is -2.45. The van der Waals surface area contributed by atoms with Gasteiger partial charge in [-0.2, -0.15) is 11.8 Å². The van der Waals surface area contributed by atoms with E-state index in [9.17, 15) is 18.3 Å². The normalized spacial score (nSPS) is 16.7. The van der Waals surface area contributed by atoms with Crippen molar-refractivity contribution in [3.05, 3.63) is 64.1 Å². The minimum absolute atomic E-state index is 0.0406. The Morgan fingerprint density at radius 3 is 2.59 bits per heavy atom. The Morgan fingerprint density at radius 2 is 1.83 bits per heavy atom. The van der Waals surface area contributed by atoms with Crippen LogP contribution in [0.4, 0.5) is 11.4 Å². The fraction of sp³-hybridized carbons (Fsp3) is 0.286. The fourth-order valence-electron chi connectivity index (χ4n) is 3.64. The molecule has 1 heterocycles. The van der Waals surface area contributed by atoms with Crippen molar-refractivity contribution in [1.82, 2.24) is 0 Å². The Kier molecular flexibility index (Phi) is 5.56. The molecule has 2 aromatic rings. The molecule has 29 heavy (non-hydrogen) atoms. The first-order valence-corrected chi connectivity index (χ1v) is 12.1. The lowest BCUT2D eigenvalue weighted by molar-refractivity contribution is 0.0698. The lowest BCUT2D eigenvalue weighted by Crippen LogP contribution is -2.32. The summed E-state index contributed by atoms with van der Waals surface area (Å²) in [6, 6.07) is 12.6. The van der Waals surface area contributed by atoms with Crippen LogP contribution in [0.15, 0.2) is 47.4 Å². The van der Waals surface area contributed by atoms with Crippen LogP contribution in [-0.2, 0) is 16.4 Å². The van der Waals surface area contributed by atoms with Gasteiger partial charge >= 0.3 is 5.97 Å². The van der Waals surface area contributed by atoms with Gasteiger partial charge in [0.15, 0.2) is 0 Å². The Bertz CT molecular complexity index is 1070. The van der Waals surface area contributed by atoms with Crippen LogP contribution in [0, 0.1) is 0 Å². The van der Waals surface area contributed by atoms with E-state index >= 15 is 0 Å². The monoisotopic (exact) mass is 430 g/mol. The van der Waals surface area contributed by atoms with Crippen LogP contribution >= 0.6 is 11.8 Å². The van der Waals surface area contributed by atoms with Crippen molar-refractivity contribution in [3.63, 3.8) is 0 Å². The van der Waals surface area contributed by atoms with E-state index in [1.54, 1.807) is 24.3 Å². The number of anilines is 2. The van der Waals surface area contributed by atoms with Gasteiger partial charge in [-0.25, -0.2) is 13.2 Å². The molecule has 1 aliphatic heterocycles. The van der Waals surface area contributed by atoms with Crippen molar-refractivity contribution >= 4 is 45.2 Å². The smallest absolute Gasteiger partial charge is 0.337 e. The van der Waals surface area contributed by atoms with Gasteiger partial charge in [-0.05, 0) is 48.2 Å². The van der Waals surface area contributed by atoms with Gasteiger partial charge in [-0.15, -0.1) is 0 Å². The zero-order chi connectivity index (χ0) is 20.4. The number of sulfonamides is 1. The number of carbonyl (C=O) groups is 1. The number of nitrogens with zero attached hydrogens (tertiary/aromatic N) is 1. The third-order valence-electron chi connectivity index (χ3n) is 5.21. The van der Waals surface area contributed by atoms with Gasteiger partial charge in [0, 0.05) is 30.3 Å². The lowest BCUT2D eigenvalue weighted by Gasteiger charge is -2.29. The number of nitrogens with one attached hydrogen (secondary N) is 1. The highest BCUT2D eigenvalue weighted by Gasteiger charge is 2.24. The highest BCUT2D eigenvalue weighted by atomic mass is 32.2. The summed E-state index contributed by atoms with van der Waals surface area (Å²) in [5.74, 6) is 0.831. The highest BCUT2D eigenvalue weighted by Crippen LogP contribution is 2.31. The van der Waals surface area contributed by atoms with E-state index in [0.717, 1.165) is 41.4 Å². The topological polar surface area (TPSA) is 86.7 Å². The van der Waals surface area contributed by atoms with E-state index < -0.39 is 16.0 Å². The number of benzene rings is 2. The fourth-order valence-corrected chi connectivity index (χ4v) is 5.80. The molecule has 1 fully saturated rings. The van der Waals surface area contributed by atoms with Gasteiger partial charge in [0.2, 0.25) is 0 Å². The molecule has 2 aliphatic rings. The summed E-state index contributed by atoms with van der Waals surface area (Å²) in [6.45, 7) is 1.70. The lowest BCUT2D eigenvalue weighted by atomic mass is 9.98. The molecule has 2 aromatic carbocycles. The maximum Gasteiger partial charge on any atom is 0.337 e.